The van der Waals surface area contributed by atoms with Gasteiger partial charge in [-0.3, -0.25) is 4.79 Å². The van der Waals surface area contributed by atoms with Crippen molar-refractivity contribution in [2.75, 3.05) is 31.2 Å². The second-order valence-electron chi connectivity index (χ2n) is 5.36. The molecule has 8 heteroatoms. The van der Waals surface area contributed by atoms with Gasteiger partial charge in [0.2, 0.25) is 0 Å². The van der Waals surface area contributed by atoms with Crippen LogP contribution in [0.2, 0.25) is 0 Å². The zero-order valence-electron chi connectivity index (χ0n) is 13.2. The topological polar surface area (TPSA) is 93.4 Å². The van der Waals surface area contributed by atoms with Crippen LogP contribution in [0.4, 0.5) is 5.82 Å². The number of rotatable bonds is 4. The van der Waals surface area contributed by atoms with E-state index in [-0.39, 0.29) is 12.5 Å². The number of ether oxygens (including phenoxy) is 1. The van der Waals surface area contributed by atoms with E-state index in [1.54, 1.807) is 6.92 Å². The van der Waals surface area contributed by atoms with Crippen LogP contribution in [-0.2, 0) is 11.3 Å². The van der Waals surface area contributed by atoms with Gasteiger partial charge in [-0.05, 0) is 13.8 Å². The van der Waals surface area contributed by atoms with Crippen LogP contribution in [0.1, 0.15) is 27.6 Å². The molecule has 1 aliphatic rings. The van der Waals surface area contributed by atoms with Crippen LogP contribution in [0.25, 0.3) is 0 Å². The van der Waals surface area contributed by atoms with Crippen LogP contribution >= 0.6 is 0 Å². The molecule has 1 amide bonds. The Morgan fingerprint density at radius 2 is 2.09 bits per heavy atom. The first-order valence-corrected chi connectivity index (χ1v) is 7.50. The maximum absolute atomic E-state index is 12.1. The summed E-state index contributed by atoms with van der Waals surface area (Å²) in [6.07, 6.45) is 1.40. The highest BCUT2D eigenvalue weighted by molar-refractivity contribution is 5.94. The standard InChI is InChI=1S/C15H19N5O3/c1-10-7-14(20-3-5-22-6-4-20)19-13(18-10)9-16-15(21)12-8-17-23-11(12)2/h7-8H,3-6,9H2,1-2H3,(H,16,21). The molecule has 0 aromatic carbocycles. The van der Waals surface area contributed by atoms with Crippen molar-refractivity contribution in [3.05, 3.63) is 35.1 Å². The lowest BCUT2D eigenvalue weighted by molar-refractivity contribution is 0.0948. The molecule has 122 valence electrons. The molecule has 2 aromatic heterocycles. The van der Waals surface area contributed by atoms with Gasteiger partial charge in [0.15, 0.2) is 0 Å². The molecule has 0 spiro atoms. The van der Waals surface area contributed by atoms with E-state index in [9.17, 15) is 4.79 Å². The van der Waals surface area contributed by atoms with Gasteiger partial charge in [-0.1, -0.05) is 5.16 Å². The van der Waals surface area contributed by atoms with Crippen molar-refractivity contribution in [1.29, 1.82) is 0 Å². The first kappa shape index (κ1) is 15.4. The molecule has 0 aliphatic carbocycles. The molecule has 2 aromatic rings. The molecule has 1 saturated heterocycles. The van der Waals surface area contributed by atoms with Gasteiger partial charge in [0, 0.05) is 24.8 Å². The fourth-order valence-corrected chi connectivity index (χ4v) is 2.42. The highest BCUT2D eigenvalue weighted by Gasteiger charge is 2.16. The number of aryl methyl sites for hydroxylation is 2. The predicted molar refractivity (Wildman–Crippen MR) is 82.2 cm³/mol. The fraction of sp³-hybridized carbons (Fsp3) is 0.467. The third kappa shape index (κ3) is 3.65. The van der Waals surface area contributed by atoms with Gasteiger partial charge in [-0.25, -0.2) is 9.97 Å². The summed E-state index contributed by atoms with van der Waals surface area (Å²) < 4.78 is 10.3. The highest BCUT2D eigenvalue weighted by atomic mass is 16.5. The Bertz CT molecular complexity index is 694. The van der Waals surface area contributed by atoms with Crippen molar-refractivity contribution in [1.82, 2.24) is 20.4 Å². The molecule has 0 unspecified atom stereocenters. The summed E-state index contributed by atoms with van der Waals surface area (Å²) in [6.45, 7) is 6.87. The van der Waals surface area contributed by atoms with Gasteiger partial charge in [-0.2, -0.15) is 0 Å². The number of anilines is 1. The summed E-state index contributed by atoms with van der Waals surface area (Å²) in [5.41, 5.74) is 1.29. The summed E-state index contributed by atoms with van der Waals surface area (Å²) in [5, 5.41) is 6.39. The first-order chi connectivity index (χ1) is 11.1. The Labute approximate surface area is 133 Å². The Hall–Kier alpha value is -2.48. The summed E-state index contributed by atoms with van der Waals surface area (Å²) in [7, 11) is 0. The van der Waals surface area contributed by atoms with E-state index in [0.29, 0.717) is 30.4 Å². The van der Waals surface area contributed by atoms with E-state index < -0.39 is 0 Å². The quantitative estimate of drug-likeness (QED) is 0.893. The highest BCUT2D eigenvalue weighted by Crippen LogP contribution is 2.14. The van der Waals surface area contributed by atoms with Crippen molar-refractivity contribution < 1.29 is 14.1 Å². The number of morpholine rings is 1. The van der Waals surface area contributed by atoms with Crippen molar-refractivity contribution in [3.8, 4) is 0 Å². The van der Waals surface area contributed by atoms with Crippen LogP contribution in [0.15, 0.2) is 16.8 Å². The van der Waals surface area contributed by atoms with E-state index in [2.05, 4.69) is 25.3 Å². The molecule has 23 heavy (non-hydrogen) atoms. The molecule has 0 radical (unpaired) electrons. The normalized spacial score (nSPS) is 14.8. The summed E-state index contributed by atoms with van der Waals surface area (Å²) in [5.74, 6) is 1.68. The number of hydrogen-bond donors (Lipinski definition) is 1. The number of amides is 1. The van der Waals surface area contributed by atoms with Crippen molar-refractivity contribution in [2.24, 2.45) is 0 Å². The minimum absolute atomic E-state index is 0.248. The third-order valence-electron chi connectivity index (χ3n) is 3.62. The predicted octanol–water partition coefficient (Wildman–Crippen LogP) is 0.848. The molecule has 0 atom stereocenters. The smallest absolute Gasteiger partial charge is 0.256 e. The van der Waals surface area contributed by atoms with Crippen molar-refractivity contribution >= 4 is 11.7 Å². The Kier molecular flexibility index (Phi) is 4.52. The SMILES string of the molecule is Cc1cc(N2CCOCC2)nc(CNC(=O)c2cnoc2C)n1. The Morgan fingerprint density at radius 3 is 2.78 bits per heavy atom. The van der Waals surface area contributed by atoms with Crippen molar-refractivity contribution in [3.63, 3.8) is 0 Å². The minimum Gasteiger partial charge on any atom is -0.378 e. The van der Waals surface area contributed by atoms with Gasteiger partial charge < -0.3 is 19.5 Å². The number of aromatic nitrogens is 3. The second kappa shape index (κ2) is 6.74. The number of hydrogen-bond acceptors (Lipinski definition) is 7. The monoisotopic (exact) mass is 317 g/mol. The average Bonchev–Trinajstić information content (AvgIpc) is 2.99. The number of nitrogens with one attached hydrogen (secondary N) is 1. The van der Waals surface area contributed by atoms with Crippen LogP contribution in [0.3, 0.4) is 0 Å². The zero-order valence-corrected chi connectivity index (χ0v) is 13.2. The molecular formula is C15H19N5O3. The van der Waals surface area contributed by atoms with Crippen molar-refractivity contribution in [2.45, 2.75) is 20.4 Å². The first-order valence-electron chi connectivity index (χ1n) is 7.50. The maximum atomic E-state index is 12.1. The van der Waals surface area contributed by atoms with Crippen LogP contribution in [0.5, 0.6) is 0 Å². The zero-order chi connectivity index (χ0) is 16.2. The molecule has 1 aliphatic heterocycles. The van der Waals surface area contributed by atoms with E-state index in [1.807, 2.05) is 13.0 Å². The fourth-order valence-electron chi connectivity index (χ4n) is 2.42. The molecular weight excluding hydrogens is 298 g/mol. The lowest BCUT2D eigenvalue weighted by atomic mass is 10.2. The Balaban J connectivity index is 1.69. The molecule has 0 saturated carbocycles. The van der Waals surface area contributed by atoms with Crippen LogP contribution < -0.4 is 10.2 Å². The van der Waals surface area contributed by atoms with Gasteiger partial charge in [-0.15, -0.1) is 0 Å². The van der Waals surface area contributed by atoms with E-state index in [0.717, 1.165) is 24.6 Å². The van der Waals surface area contributed by atoms with E-state index in [1.165, 1.54) is 6.20 Å². The Morgan fingerprint density at radius 1 is 1.30 bits per heavy atom. The van der Waals surface area contributed by atoms with E-state index >= 15 is 0 Å². The minimum atomic E-state index is -0.248. The van der Waals surface area contributed by atoms with Gasteiger partial charge in [0.1, 0.15) is 23.0 Å². The van der Waals surface area contributed by atoms with E-state index in [4.69, 9.17) is 9.26 Å². The summed E-state index contributed by atoms with van der Waals surface area (Å²) in [4.78, 5) is 23.2. The van der Waals surface area contributed by atoms with Crippen LogP contribution in [-0.4, -0.2) is 47.3 Å². The van der Waals surface area contributed by atoms with Gasteiger partial charge >= 0.3 is 0 Å². The maximum Gasteiger partial charge on any atom is 0.256 e. The average molecular weight is 317 g/mol. The number of carbonyl (C=O) groups excluding carboxylic acids is 1. The molecule has 1 N–H and O–H groups in total. The van der Waals surface area contributed by atoms with Crippen LogP contribution in [0, 0.1) is 13.8 Å². The molecule has 0 bridgehead atoms. The molecule has 1 fully saturated rings. The summed E-state index contributed by atoms with van der Waals surface area (Å²) in [6, 6.07) is 1.95. The van der Waals surface area contributed by atoms with Gasteiger partial charge in [0.25, 0.3) is 5.91 Å². The lowest BCUT2D eigenvalue weighted by Gasteiger charge is -2.28. The largest absolute Gasteiger partial charge is 0.378 e. The number of carbonyl (C=O) groups is 1. The molecule has 8 nitrogen and oxygen atoms in total. The lowest BCUT2D eigenvalue weighted by Crippen LogP contribution is -2.37. The molecule has 3 rings (SSSR count). The third-order valence-corrected chi connectivity index (χ3v) is 3.62. The summed E-state index contributed by atoms with van der Waals surface area (Å²) >= 11 is 0. The molecule has 3 heterocycles. The second-order valence-corrected chi connectivity index (χ2v) is 5.36. The number of nitrogens with zero attached hydrogens (tertiary/aromatic N) is 4. The van der Waals surface area contributed by atoms with Gasteiger partial charge in [0.05, 0.1) is 26.0 Å².